The van der Waals surface area contributed by atoms with Gasteiger partial charge >= 0.3 is 0 Å². The standard InChI is InChI=1S/C24H24N4O5/c1-26(2)18-7-5-4-6-15(18)13-27(3)22(31)14-8-9-16-17(12-14)24(33)28(23(16)32)19-10-11-20(29)25-21(19)30/h4-9,12,19H,10-11,13H2,1-3H3,(H,25,29,30). The van der Waals surface area contributed by atoms with Gasteiger partial charge in [-0.1, -0.05) is 18.2 Å². The van der Waals surface area contributed by atoms with E-state index in [0.29, 0.717) is 6.54 Å². The number of amides is 5. The zero-order chi connectivity index (χ0) is 23.9. The molecular formula is C24H24N4O5. The van der Waals surface area contributed by atoms with E-state index < -0.39 is 29.7 Å². The summed E-state index contributed by atoms with van der Waals surface area (Å²) < 4.78 is 0. The molecule has 2 heterocycles. The molecule has 1 N–H and O–H groups in total. The second kappa shape index (κ2) is 8.50. The van der Waals surface area contributed by atoms with Gasteiger partial charge in [-0.05, 0) is 36.2 Å². The number of fused-ring (bicyclic) bond motifs is 1. The Morgan fingerprint density at radius 3 is 2.39 bits per heavy atom. The molecule has 5 amide bonds. The summed E-state index contributed by atoms with van der Waals surface area (Å²) >= 11 is 0. The van der Waals surface area contributed by atoms with Crippen molar-refractivity contribution < 1.29 is 24.0 Å². The fraction of sp³-hybridized carbons (Fsp3) is 0.292. The first kappa shape index (κ1) is 22.2. The lowest BCUT2D eigenvalue weighted by Crippen LogP contribution is -2.54. The fourth-order valence-corrected chi connectivity index (χ4v) is 4.23. The molecule has 4 rings (SSSR count). The highest BCUT2D eigenvalue weighted by molar-refractivity contribution is 6.24. The minimum Gasteiger partial charge on any atom is -0.377 e. The second-order valence-corrected chi connectivity index (χ2v) is 8.39. The number of nitrogens with zero attached hydrogens (tertiary/aromatic N) is 3. The minimum atomic E-state index is -1.04. The van der Waals surface area contributed by atoms with E-state index in [1.165, 1.54) is 18.2 Å². The summed E-state index contributed by atoms with van der Waals surface area (Å²) in [5, 5.41) is 2.17. The van der Waals surface area contributed by atoms with E-state index in [2.05, 4.69) is 5.32 Å². The molecule has 9 heteroatoms. The Morgan fingerprint density at radius 1 is 1.00 bits per heavy atom. The maximum atomic E-state index is 13.1. The molecule has 0 radical (unpaired) electrons. The SMILES string of the molecule is CN(Cc1ccccc1N(C)C)C(=O)c1ccc2c(c1)C(=O)N(C1CCC(=O)NC1=O)C2=O. The third-order valence-corrected chi connectivity index (χ3v) is 5.91. The molecule has 2 aliphatic heterocycles. The first-order valence-corrected chi connectivity index (χ1v) is 10.6. The number of hydrogen-bond donors (Lipinski definition) is 1. The van der Waals surface area contributed by atoms with Gasteiger partial charge in [-0.3, -0.25) is 34.2 Å². The Bertz CT molecular complexity index is 1190. The van der Waals surface area contributed by atoms with E-state index >= 15 is 0 Å². The summed E-state index contributed by atoms with van der Waals surface area (Å²) in [6, 6.07) is 11.1. The monoisotopic (exact) mass is 448 g/mol. The quantitative estimate of drug-likeness (QED) is 0.694. The average Bonchev–Trinajstić information content (AvgIpc) is 3.03. The molecule has 1 fully saturated rings. The van der Waals surface area contributed by atoms with Crippen LogP contribution in [-0.4, -0.2) is 66.5 Å². The first-order chi connectivity index (χ1) is 15.7. The van der Waals surface area contributed by atoms with Crippen LogP contribution in [0.4, 0.5) is 5.69 Å². The normalized spacial score (nSPS) is 17.7. The van der Waals surface area contributed by atoms with Crippen LogP contribution >= 0.6 is 0 Å². The predicted octanol–water partition coefficient (Wildman–Crippen LogP) is 1.43. The Morgan fingerprint density at radius 2 is 1.70 bits per heavy atom. The molecule has 1 atom stereocenters. The largest absolute Gasteiger partial charge is 0.377 e. The van der Waals surface area contributed by atoms with Crippen molar-refractivity contribution in [1.82, 2.24) is 15.1 Å². The summed E-state index contributed by atoms with van der Waals surface area (Å²) in [5.74, 6) is -2.64. The van der Waals surface area contributed by atoms with Gasteiger partial charge in [0.25, 0.3) is 17.7 Å². The number of piperidine rings is 1. The second-order valence-electron chi connectivity index (χ2n) is 8.39. The molecular weight excluding hydrogens is 424 g/mol. The van der Waals surface area contributed by atoms with Crippen LogP contribution in [0.2, 0.25) is 0 Å². The van der Waals surface area contributed by atoms with Crippen molar-refractivity contribution in [3.05, 3.63) is 64.7 Å². The number of hydrogen-bond acceptors (Lipinski definition) is 6. The molecule has 9 nitrogen and oxygen atoms in total. The highest BCUT2D eigenvalue weighted by Crippen LogP contribution is 2.29. The van der Waals surface area contributed by atoms with Gasteiger partial charge in [0.05, 0.1) is 11.1 Å². The van der Waals surface area contributed by atoms with Crippen molar-refractivity contribution in [2.45, 2.75) is 25.4 Å². The number of anilines is 1. The van der Waals surface area contributed by atoms with E-state index in [1.54, 1.807) is 11.9 Å². The molecule has 0 saturated carbocycles. The maximum Gasteiger partial charge on any atom is 0.262 e. The van der Waals surface area contributed by atoms with Crippen molar-refractivity contribution in [2.75, 3.05) is 26.0 Å². The lowest BCUT2D eigenvalue weighted by Gasteiger charge is -2.27. The van der Waals surface area contributed by atoms with E-state index in [4.69, 9.17) is 0 Å². The van der Waals surface area contributed by atoms with Crippen molar-refractivity contribution in [3.8, 4) is 0 Å². The lowest BCUT2D eigenvalue weighted by molar-refractivity contribution is -0.136. The van der Waals surface area contributed by atoms with Crippen LogP contribution in [0.15, 0.2) is 42.5 Å². The van der Waals surface area contributed by atoms with E-state index in [9.17, 15) is 24.0 Å². The van der Waals surface area contributed by atoms with Crippen LogP contribution in [0.25, 0.3) is 0 Å². The van der Waals surface area contributed by atoms with E-state index in [-0.39, 0.29) is 35.4 Å². The Hall–Kier alpha value is -4.01. The molecule has 2 aromatic carbocycles. The van der Waals surface area contributed by atoms with Gasteiger partial charge in [-0.2, -0.15) is 0 Å². The minimum absolute atomic E-state index is 0.0484. The van der Waals surface area contributed by atoms with Crippen molar-refractivity contribution in [3.63, 3.8) is 0 Å². The molecule has 0 bridgehead atoms. The van der Waals surface area contributed by atoms with Crippen LogP contribution < -0.4 is 10.2 Å². The topological polar surface area (TPSA) is 107 Å². The number of benzene rings is 2. The smallest absolute Gasteiger partial charge is 0.262 e. The molecule has 0 aliphatic carbocycles. The molecule has 170 valence electrons. The Kier molecular flexibility index (Phi) is 5.71. The van der Waals surface area contributed by atoms with Crippen LogP contribution in [0.1, 0.15) is 49.5 Å². The third kappa shape index (κ3) is 3.97. The fourth-order valence-electron chi connectivity index (χ4n) is 4.23. The number of carbonyl (C=O) groups excluding carboxylic acids is 5. The van der Waals surface area contributed by atoms with Gasteiger partial charge < -0.3 is 9.80 Å². The van der Waals surface area contributed by atoms with Gasteiger partial charge in [0.15, 0.2) is 0 Å². The average molecular weight is 448 g/mol. The number of imide groups is 2. The van der Waals surface area contributed by atoms with E-state index in [0.717, 1.165) is 16.2 Å². The van der Waals surface area contributed by atoms with Crippen LogP contribution in [0.5, 0.6) is 0 Å². The Balaban J connectivity index is 1.56. The summed E-state index contributed by atoms with van der Waals surface area (Å²) in [7, 11) is 5.53. The molecule has 33 heavy (non-hydrogen) atoms. The molecule has 1 unspecified atom stereocenters. The number of para-hydroxylation sites is 1. The zero-order valence-corrected chi connectivity index (χ0v) is 18.6. The molecule has 1 saturated heterocycles. The van der Waals surface area contributed by atoms with Gasteiger partial charge in [0.1, 0.15) is 6.04 Å². The van der Waals surface area contributed by atoms with Crippen molar-refractivity contribution >= 4 is 35.2 Å². The highest BCUT2D eigenvalue weighted by Gasteiger charge is 2.44. The van der Waals surface area contributed by atoms with Crippen molar-refractivity contribution in [1.29, 1.82) is 0 Å². The number of carbonyl (C=O) groups is 5. The molecule has 0 spiro atoms. The summed E-state index contributed by atoms with van der Waals surface area (Å²) in [5.41, 5.74) is 2.45. The van der Waals surface area contributed by atoms with Gasteiger partial charge in [-0.25, -0.2) is 0 Å². The van der Waals surface area contributed by atoms with Crippen LogP contribution in [0.3, 0.4) is 0 Å². The summed E-state index contributed by atoms with van der Waals surface area (Å²) in [6.07, 6.45) is 0.128. The first-order valence-electron chi connectivity index (χ1n) is 10.6. The zero-order valence-electron chi connectivity index (χ0n) is 18.6. The summed E-state index contributed by atoms with van der Waals surface area (Å²) in [4.78, 5) is 66.9. The summed E-state index contributed by atoms with van der Waals surface area (Å²) in [6.45, 7) is 0.361. The van der Waals surface area contributed by atoms with Gasteiger partial charge in [0.2, 0.25) is 11.8 Å². The predicted molar refractivity (Wildman–Crippen MR) is 120 cm³/mol. The lowest BCUT2D eigenvalue weighted by atomic mass is 10.0. The Labute approximate surface area is 190 Å². The molecule has 2 aliphatic rings. The molecule has 0 aromatic heterocycles. The number of rotatable bonds is 5. The van der Waals surface area contributed by atoms with E-state index in [1.807, 2.05) is 43.3 Å². The maximum absolute atomic E-state index is 13.1. The van der Waals surface area contributed by atoms with Crippen molar-refractivity contribution in [2.24, 2.45) is 0 Å². The van der Waals surface area contributed by atoms with Gasteiger partial charge in [-0.15, -0.1) is 0 Å². The van der Waals surface area contributed by atoms with Crippen LogP contribution in [0, 0.1) is 0 Å². The molecule has 2 aromatic rings. The van der Waals surface area contributed by atoms with Crippen LogP contribution in [-0.2, 0) is 16.1 Å². The van der Waals surface area contributed by atoms with Gasteiger partial charge in [0, 0.05) is 45.4 Å². The number of nitrogens with one attached hydrogen (secondary N) is 1. The highest BCUT2D eigenvalue weighted by atomic mass is 16.2. The third-order valence-electron chi connectivity index (χ3n) is 5.91.